The molecule has 0 spiro atoms. The molecule has 0 bridgehead atoms. The third-order valence-electron chi connectivity index (χ3n) is 7.56. The van der Waals surface area contributed by atoms with Crippen molar-refractivity contribution in [1.29, 1.82) is 0 Å². The molecular weight excluding hydrogens is 429 g/mol. The van der Waals surface area contributed by atoms with E-state index in [1.807, 2.05) is 6.20 Å². The smallest absolute Gasteiger partial charge is 0.399 e. The Kier molecular flexibility index (Phi) is 5.06. The minimum Gasteiger partial charge on any atom is -0.399 e. The van der Waals surface area contributed by atoms with Gasteiger partial charge in [0.25, 0.3) is 0 Å². The zero-order valence-electron chi connectivity index (χ0n) is 20.6. The molecule has 172 valence electrons. The lowest BCUT2D eigenvalue weighted by Gasteiger charge is -2.32. The number of fused-ring (bicyclic) bond motifs is 2. The molecule has 1 saturated heterocycles. The van der Waals surface area contributed by atoms with Gasteiger partial charge in [0.15, 0.2) is 0 Å². The quantitative estimate of drug-likeness (QED) is 0.216. The molecule has 0 amide bonds. The Morgan fingerprint density at radius 2 is 1.06 bits per heavy atom. The molecule has 0 unspecified atom stereocenters. The summed E-state index contributed by atoms with van der Waals surface area (Å²) in [7, 11) is -0.421. The highest BCUT2D eigenvalue weighted by molar-refractivity contribution is 6.62. The van der Waals surface area contributed by atoms with Gasteiger partial charge in [-0.25, -0.2) is 0 Å². The summed E-state index contributed by atoms with van der Waals surface area (Å²) in [4.78, 5) is 4.93. The second-order valence-corrected chi connectivity index (χ2v) is 10.3. The molecule has 1 fully saturated rings. The van der Waals surface area contributed by atoms with E-state index in [0.717, 1.165) is 16.7 Å². The molecule has 0 N–H and O–H groups in total. The lowest BCUT2D eigenvalue weighted by atomic mass is 9.80. The first-order chi connectivity index (χ1) is 16.9. The molecule has 1 aliphatic heterocycles. The molecule has 0 radical (unpaired) electrons. The molecule has 35 heavy (non-hydrogen) atoms. The summed E-state index contributed by atoms with van der Waals surface area (Å²) in [5, 5.41) is 4.84. The van der Waals surface area contributed by atoms with Gasteiger partial charge in [-0.3, -0.25) is 4.98 Å². The van der Waals surface area contributed by atoms with Crippen LogP contribution in [0.2, 0.25) is 0 Å². The Balaban J connectivity index is 1.53. The summed E-state index contributed by atoms with van der Waals surface area (Å²) in [6.45, 7) is 8.28. The fourth-order valence-corrected chi connectivity index (χ4v) is 4.99. The van der Waals surface area contributed by atoms with Crippen molar-refractivity contribution >= 4 is 34.1 Å². The van der Waals surface area contributed by atoms with Crippen molar-refractivity contribution in [1.82, 2.24) is 4.98 Å². The Bertz CT molecular complexity index is 1470. The fourth-order valence-electron chi connectivity index (χ4n) is 4.99. The topological polar surface area (TPSA) is 31.4 Å². The first kappa shape index (κ1) is 22.0. The van der Waals surface area contributed by atoms with Gasteiger partial charge in [-0.15, -0.1) is 0 Å². The minimum absolute atomic E-state index is 0.379. The van der Waals surface area contributed by atoms with E-state index in [4.69, 9.17) is 14.3 Å². The van der Waals surface area contributed by atoms with Crippen molar-refractivity contribution < 1.29 is 9.31 Å². The first-order valence-corrected chi connectivity index (χ1v) is 12.2. The van der Waals surface area contributed by atoms with Crippen LogP contribution in [-0.2, 0) is 9.31 Å². The van der Waals surface area contributed by atoms with Crippen LogP contribution < -0.4 is 5.46 Å². The van der Waals surface area contributed by atoms with E-state index in [1.54, 1.807) is 0 Å². The molecule has 2 heterocycles. The maximum absolute atomic E-state index is 6.24. The van der Waals surface area contributed by atoms with Crippen molar-refractivity contribution in [2.75, 3.05) is 0 Å². The molecule has 0 saturated carbocycles. The third kappa shape index (κ3) is 3.56. The number of nitrogens with zero attached hydrogens (tertiary/aromatic N) is 1. The lowest BCUT2D eigenvalue weighted by Crippen LogP contribution is -2.41. The van der Waals surface area contributed by atoms with E-state index in [-0.39, 0.29) is 11.2 Å². The number of hydrogen-bond acceptors (Lipinski definition) is 3. The molecule has 0 atom stereocenters. The van der Waals surface area contributed by atoms with Gasteiger partial charge >= 0.3 is 7.12 Å². The number of aromatic nitrogens is 1. The summed E-state index contributed by atoms with van der Waals surface area (Å²) >= 11 is 0. The van der Waals surface area contributed by atoms with Gasteiger partial charge in [-0.05, 0) is 66.4 Å². The van der Waals surface area contributed by atoms with Crippen LogP contribution in [0.15, 0.2) is 97.2 Å². The summed E-state index contributed by atoms with van der Waals surface area (Å²) in [6, 6.07) is 32.1. The minimum atomic E-state index is -0.421. The van der Waals surface area contributed by atoms with Crippen LogP contribution in [0.25, 0.3) is 43.9 Å². The number of benzene rings is 4. The molecule has 0 aliphatic carbocycles. The monoisotopic (exact) mass is 457 g/mol. The predicted molar refractivity (Wildman–Crippen MR) is 146 cm³/mol. The van der Waals surface area contributed by atoms with Gasteiger partial charge in [-0.1, -0.05) is 84.9 Å². The van der Waals surface area contributed by atoms with E-state index in [1.165, 1.54) is 32.7 Å². The van der Waals surface area contributed by atoms with Gasteiger partial charge in [0.2, 0.25) is 0 Å². The van der Waals surface area contributed by atoms with E-state index in [0.29, 0.717) is 0 Å². The normalized spacial score (nSPS) is 16.7. The SMILES string of the molecule is CC1(C)OB(c2ccc(-c3c4ccccc4c(-c4ccccc4)c4ccccc34)nc2)OC1(C)C. The molecule has 6 rings (SSSR count). The Morgan fingerprint density at radius 1 is 0.571 bits per heavy atom. The molecule has 3 nitrogen and oxygen atoms in total. The van der Waals surface area contributed by atoms with E-state index >= 15 is 0 Å². The summed E-state index contributed by atoms with van der Waals surface area (Å²) < 4.78 is 12.5. The largest absolute Gasteiger partial charge is 0.496 e. The Morgan fingerprint density at radius 3 is 1.54 bits per heavy atom. The highest BCUT2D eigenvalue weighted by Gasteiger charge is 2.51. The van der Waals surface area contributed by atoms with Crippen molar-refractivity contribution in [3.8, 4) is 22.4 Å². The van der Waals surface area contributed by atoms with Crippen LogP contribution in [0.1, 0.15) is 27.7 Å². The summed E-state index contributed by atoms with van der Waals surface area (Å²) in [5.41, 5.74) is 4.74. The number of pyridine rings is 1. The van der Waals surface area contributed by atoms with Crippen LogP contribution in [0.5, 0.6) is 0 Å². The van der Waals surface area contributed by atoms with E-state index in [2.05, 4.69) is 119 Å². The third-order valence-corrected chi connectivity index (χ3v) is 7.56. The van der Waals surface area contributed by atoms with Crippen LogP contribution in [0.4, 0.5) is 0 Å². The van der Waals surface area contributed by atoms with Crippen LogP contribution in [-0.4, -0.2) is 23.3 Å². The fraction of sp³-hybridized carbons (Fsp3) is 0.194. The van der Waals surface area contributed by atoms with Crippen molar-refractivity contribution in [3.05, 3.63) is 97.2 Å². The highest BCUT2D eigenvalue weighted by atomic mass is 16.7. The van der Waals surface area contributed by atoms with Crippen molar-refractivity contribution in [3.63, 3.8) is 0 Å². The van der Waals surface area contributed by atoms with Crippen LogP contribution >= 0.6 is 0 Å². The van der Waals surface area contributed by atoms with Gasteiger partial charge in [0, 0.05) is 17.2 Å². The molecule has 1 aliphatic rings. The van der Waals surface area contributed by atoms with Crippen LogP contribution in [0.3, 0.4) is 0 Å². The van der Waals surface area contributed by atoms with Gasteiger partial charge in [0.05, 0.1) is 16.9 Å². The molecule has 1 aromatic heterocycles. The second kappa shape index (κ2) is 8.05. The van der Waals surface area contributed by atoms with Gasteiger partial charge < -0.3 is 9.31 Å². The summed E-state index contributed by atoms with van der Waals surface area (Å²) in [5.74, 6) is 0. The molecule has 5 aromatic rings. The van der Waals surface area contributed by atoms with Gasteiger partial charge in [-0.2, -0.15) is 0 Å². The van der Waals surface area contributed by atoms with Crippen molar-refractivity contribution in [2.45, 2.75) is 38.9 Å². The molecule has 4 aromatic carbocycles. The van der Waals surface area contributed by atoms with Crippen LogP contribution in [0, 0.1) is 0 Å². The van der Waals surface area contributed by atoms with Crippen molar-refractivity contribution in [2.24, 2.45) is 0 Å². The van der Waals surface area contributed by atoms with E-state index < -0.39 is 7.12 Å². The average Bonchev–Trinajstić information content (AvgIpc) is 3.09. The van der Waals surface area contributed by atoms with E-state index in [9.17, 15) is 0 Å². The summed E-state index contributed by atoms with van der Waals surface area (Å²) in [6.07, 6.45) is 1.89. The Labute approximate surface area is 206 Å². The maximum atomic E-state index is 6.24. The Hall–Kier alpha value is -3.47. The zero-order chi connectivity index (χ0) is 24.2. The molecule has 4 heteroatoms. The van der Waals surface area contributed by atoms with Gasteiger partial charge in [0.1, 0.15) is 0 Å². The highest BCUT2D eigenvalue weighted by Crippen LogP contribution is 2.43. The predicted octanol–water partition coefficient (Wildman–Crippen LogP) is 7.02. The number of rotatable bonds is 3. The average molecular weight is 457 g/mol. The number of hydrogen-bond donors (Lipinski definition) is 0. The zero-order valence-corrected chi connectivity index (χ0v) is 20.6. The second-order valence-electron chi connectivity index (χ2n) is 10.3. The standard InChI is InChI=1S/C31H28BNO2/c1-30(2)31(3,4)35-32(34-30)22-18-19-27(33-20-22)29-25-16-10-8-14-23(25)28(21-12-6-5-7-13-21)24-15-9-11-17-26(24)29/h5-20H,1-4H3. The lowest BCUT2D eigenvalue weighted by molar-refractivity contribution is 0.00578. The first-order valence-electron chi connectivity index (χ1n) is 12.2. The molecular formula is C31H28BNO2. The maximum Gasteiger partial charge on any atom is 0.496 e.